The molecule has 1 fully saturated rings. The van der Waals surface area contributed by atoms with Crippen LogP contribution in [0, 0.1) is 0 Å². The number of benzene rings is 1. The molecule has 0 unspecified atom stereocenters. The van der Waals surface area contributed by atoms with Gasteiger partial charge in [-0.15, -0.1) is 35.3 Å². The summed E-state index contributed by atoms with van der Waals surface area (Å²) >= 11 is 1.65. The van der Waals surface area contributed by atoms with Crippen LogP contribution in [0.15, 0.2) is 39.5 Å². The maximum atomic E-state index is 12.6. The molecule has 1 aliphatic heterocycles. The molecular formula is C21H32IN5O2S2. The Bertz CT molecular complexity index is 952. The number of hydrogen-bond donors (Lipinski definition) is 2. The molecule has 0 spiro atoms. The van der Waals surface area contributed by atoms with Crippen LogP contribution < -0.4 is 10.6 Å². The molecule has 2 aromatic rings. The molecule has 31 heavy (non-hydrogen) atoms. The van der Waals surface area contributed by atoms with Crippen molar-refractivity contribution in [1.29, 1.82) is 0 Å². The van der Waals surface area contributed by atoms with Gasteiger partial charge in [-0.1, -0.05) is 26.0 Å². The molecule has 0 saturated carbocycles. The second kappa shape index (κ2) is 12.1. The number of aliphatic imine (C=N–C) groups is 1. The molecule has 172 valence electrons. The quantitative estimate of drug-likeness (QED) is 0.282. The lowest BCUT2D eigenvalue weighted by Gasteiger charge is -2.15. The fourth-order valence-electron chi connectivity index (χ4n) is 3.19. The maximum absolute atomic E-state index is 12.6. The highest BCUT2D eigenvalue weighted by Crippen LogP contribution is 2.21. The zero-order valence-corrected chi connectivity index (χ0v) is 22.3. The third-order valence-corrected chi connectivity index (χ3v) is 7.74. The van der Waals surface area contributed by atoms with Crippen molar-refractivity contribution in [3.63, 3.8) is 0 Å². The Hall–Kier alpha value is -1.24. The number of rotatable bonds is 8. The molecule has 2 N–H and O–H groups in total. The van der Waals surface area contributed by atoms with Crippen molar-refractivity contribution in [2.45, 2.75) is 57.5 Å². The van der Waals surface area contributed by atoms with Crippen LogP contribution in [0.1, 0.15) is 55.8 Å². The van der Waals surface area contributed by atoms with Gasteiger partial charge < -0.3 is 10.6 Å². The molecular weight excluding hydrogens is 545 g/mol. The van der Waals surface area contributed by atoms with Crippen LogP contribution in [0.3, 0.4) is 0 Å². The van der Waals surface area contributed by atoms with Gasteiger partial charge in [-0.05, 0) is 43.4 Å². The van der Waals surface area contributed by atoms with E-state index in [1.54, 1.807) is 27.8 Å². The summed E-state index contributed by atoms with van der Waals surface area (Å²) in [5.74, 6) is 1.14. The van der Waals surface area contributed by atoms with E-state index in [0.29, 0.717) is 43.0 Å². The SMILES string of the molecule is CCNC(=NCc1ccc(S(=O)(=O)N2CCCC2)cc1)NCc1nc(C(C)C)cs1.I. The van der Waals surface area contributed by atoms with Crippen molar-refractivity contribution in [1.82, 2.24) is 19.9 Å². The minimum atomic E-state index is -3.37. The van der Waals surface area contributed by atoms with E-state index in [2.05, 4.69) is 39.8 Å². The Morgan fingerprint density at radius 1 is 1.19 bits per heavy atom. The third kappa shape index (κ3) is 7.13. The van der Waals surface area contributed by atoms with Gasteiger partial charge in [-0.25, -0.2) is 18.4 Å². The zero-order chi connectivity index (χ0) is 21.6. The standard InChI is InChI=1S/C21H31N5O2S2.HI/c1-4-22-21(24-14-20-25-19(15-29-20)16(2)3)23-13-17-7-9-18(10-8-17)30(27,28)26-11-5-6-12-26;/h7-10,15-16H,4-6,11-14H2,1-3H3,(H2,22,23,24);1H. The van der Waals surface area contributed by atoms with Gasteiger partial charge in [0.2, 0.25) is 10.0 Å². The number of guanidine groups is 1. The fraction of sp³-hybridized carbons (Fsp3) is 0.524. The summed E-state index contributed by atoms with van der Waals surface area (Å²) in [7, 11) is -3.37. The fourth-order valence-corrected chi connectivity index (χ4v) is 5.60. The number of thiazole rings is 1. The molecule has 0 amide bonds. The first kappa shape index (κ1) is 26.0. The summed E-state index contributed by atoms with van der Waals surface area (Å²) in [6.07, 6.45) is 1.87. The van der Waals surface area contributed by atoms with Crippen molar-refractivity contribution in [3.8, 4) is 0 Å². The van der Waals surface area contributed by atoms with E-state index >= 15 is 0 Å². The summed E-state index contributed by atoms with van der Waals surface area (Å²) in [6.45, 7) is 9.38. The van der Waals surface area contributed by atoms with Crippen LogP contribution >= 0.6 is 35.3 Å². The lowest BCUT2D eigenvalue weighted by Crippen LogP contribution is -2.36. The molecule has 0 bridgehead atoms. The van der Waals surface area contributed by atoms with E-state index in [4.69, 9.17) is 0 Å². The summed E-state index contributed by atoms with van der Waals surface area (Å²) in [5, 5.41) is 9.68. The molecule has 0 aliphatic carbocycles. The molecule has 3 rings (SSSR count). The van der Waals surface area contributed by atoms with Gasteiger partial charge >= 0.3 is 0 Å². The second-order valence-electron chi connectivity index (χ2n) is 7.62. The van der Waals surface area contributed by atoms with E-state index in [1.807, 2.05) is 19.1 Å². The number of sulfonamides is 1. The highest BCUT2D eigenvalue weighted by molar-refractivity contribution is 14.0. The number of aromatic nitrogens is 1. The Labute approximate surface area is 206 Å². The van der Waals surface area contributed by atoms with Crippen molar-refractivity contribution in [3.05, 3.63) is 45.9 Å². The first-order valence-electron chi connectivity index (χ1n) is 10.5. The van der Waals surface area contributed by atoms with Gasteiger partial charge in [0.05, 0.1) is 23.7 Å². The van der Waals surface area contributed by atoms with Crippen LogP contribution in [-0.4, -0.2) is 43.3 Å². The van der Waals surface area contributed by atoms with E-state index in [-0.39, 0.29) is 24.0 Å². The Morgan fingerprint density at radius 3 is 2.45 bits per heavy atom. The van der Waals surface area contributed by atoms with Crippen molar-refractivity contribution >= 4 is 51.3 Å². The first-order chi connectivity index (χ1) is 14.4. The summed E-state index contributed by atoms with van der Waals surface area (Å²) in [4.78, 5) is 9.61. The van der Waals surface area contributed by atoms with Crippen LogP contribution in [0.2, 0.25) is 0 Å². The molecule has 1 saturated heterocycles. The molecule has 10 heteroatoms. The minimum absolute atomic E-state index is 0. The lowest BCUT2D eigenvalue weighted by molar-refractivity contribution is 0.477. The highest BCUT2D eigenvalue weighted by Gasteiger charge is 2.26. The molecule has 1 aliphatic rings. The van der Waals surface area contributed by atoms with Gasteiger partial charge in [0.1, 0.15) is 5.01 Å². The van der Waals surface area contributed by atoms with Crippen LogP contribution in [0.5, 0.6) is 0 Å². The van der Waals surface area contributed by atoms with Gasteiger partial charge in [0.25, 0.3) is 0 Å². The van der Waals surface area contributed by atoms with E-state index in [1.165, 1.54) is 0 Å². The molecule has 2 heterocycles. The molecule has 1 aromatic carbocycles. The lowest BCUT2D eigenvalue weighted by atomic mass is 10.2. The molecule has 1 aromatic heterocycles. The predicted molar refractivity (Wildman–Crippen MR) is 138 cm³/mol. The van der Waals surface area contributed by atoms with E-state index < -0.39 is 10.0 Å². The van der Waals surface area contributed by atoms with Gasteiger partial charge in [-0.3, -0.25) is 0 Å². The van der Waals surface area contributed by atoms with Crippen molar-refractivity contribution in [2.75, 3.05) is 19.6 Å². The summed E-state index contributed by atoms with van der Waals surface area (Å²) < 4.78 is 26.8. The molecule has 0 atom stereocenters. The largest absolute Gasteiger partial charge is 0.357 e. The Kier molecular flexibility index (Phi) is 10.2. The molecule has 7 nitrogen and oxygen atoms in total. The van der Waals surface area contributed by atoms with Gasteiger partial charge in [0, 0.05) is 25.0 Å². The van der Waals surface area contributed by atoms with E-state index in [9.17, 15) is 8.42 Å². The summed E-state index contributed by atoms with van der Waals surface area (Å²) in [5.41, 5.74) is 2.08. The summed E-state index contributed by atoms with van der Waals surface area (Å²) in [6, 6.07) is 7.04. The third-order valence-electron chi connectivity index (χ3n) is 4.96. The second-order valence-corrected chi connectivity index (χ2v) is 10.5. The predicted octanol–water partition coefficient (Wildman–Crippen LogP) is 3.92. The number of halogens is 1. The van der Waals surface area contributed by atoms with Gasteiger partial charge in [0.15, 0.2) is 5.96 Å². The van der Waals surface area contributed by atoms with Crippen molar-refractivity contribution < 1.29 is 8.42 Å². The topological polar surface area (TPSA) is 86.7 Å². The van der Waals surface area contributed by atoms with Crippen molar-refractivity contribution in [2.24, 2.45) is 4.99 Å². The zero-order valence-electron chi connectivity index (χ0n) is 18.3. The highest BCUT2D eigenvalue weighted by atomic mass is 127. The average Bonchev–Trinajstić information content (AvgIpc) is 3.43. The van der Waals surface area contributed by atoms with Crippen LogP contribution in [0.25, 0.3) is 0 Å². The average molecular weight is 578 g/mol. The maximum Gasteiger partial charge on any atom is 0.243 e. The number of nitrogens with zero attached hydrogens (tertiary/aromatic N) is 3. The normalized spacial score (nSPS) is 15.2. The minimum Gasteiger partial charge on any atom is -0.357 e. The van der Waals surface area contributed by atoms with Gasteiger partial charge in [-0.2, -0.15) is 4.31 Å². The van der Waals surface area contributed by atoms with Crippen LogP contribution in [-0.2, 0) is 23.1 Å². The first-order valence-corrected chi connectivity index (χ1v) is 12.8. The monoisotopic (exact) mass is 577 g/mol. The number of hydrogen-bond acceptors (Lipinski definition) is 5. The van der Waals surface area contributed by atoms with Crippen LogP contribution in [0.4, 0.5) is 0 Å². The Balaban J connectivity index is 0.00000341. The Morgan fingerprint density at radius 2 is 1.87 bits per heavy atom. The van der Waals surface area contributed by atoms with E-state index in [0.717, 1.165) is 35.7 Å². The molecule has 0 radical (unpaired) electrons. The number of nitrogens with one attached hydrogen (secondary N) is 2. The smallest absolute Gasteiger partial charge is 0.243 e.